The van der Waals surface area contributed by atoms with Crippen molar-refractivity contribution in [3.05, 3.63) is 103 Å². The molecular formula is C31H40IO2P. The smallest absolute Gasteiger partial charge is 0.156 e. The highest BCUT2D eigenvalue weighted by atomic mass is 127. The highest BCUT2D eigenvalue weighted by Crippen LogP contribution is 2.55. The van der Waals surface area contributed by atoms with Gasteiger partial charge in [-0.15, -0.1) is 0 Å². The van der Waals surface area contributed by atoms with Gasteiger partial charge in [-0.1, -0.05) is 73.2 Å². The van der Waals surface area contributed by atoms with Crippen molar-refractivity contribution in [2.45, 2.75) is 51.2 Å². The maximum Gasteiger partial charge on any atom is 0.156 e. The topological polar surface area (TPSA) is 18.5 Å². The Morgan fingerprint density at radius 1 is 0.600 bits per heavy atom. The van der Waals surface area contributed by atoms with Crippen LogP contribution in [-0.4, -0.2) is 26.7 Å². The number of halogens is 1. The molecule has 0 spiro atoms. The molecule has 3 aromatic rings. The van der Waals surface area contributed by atoms with Gasteiger partial charge in [0, 0.05) is 14.2 Å². The van der Waals surface area contributed by atoms with Crippen molar-refractivity contribution in [2.75, 3.05) is 20.4 Å². The van der Waals surface area contributed by atoms with Crippen molar-refractivity contribution in [3.63, 3.8) is 0 Å². The van der Waals surface area contributed by atoms with Crippen LogP contribution in [0.5, 0.6) is 0 Å². The fourth-order valence-electron chi connectivity index (χ4n) is 4.65. The summed E-state index contributed by atoms with van der Waals surface area (Å²) < 4.78 is 10.5. The molecule has 0 amide bonds. The van der Waals surface area contributed by atoms with Crippen molar-refractivity contribution in [2.24, 2.45) is 0 Å². The largest absolute Gasteiger partial charge is 1.00 e. The van der Waals surface area contributed by atoms with Crippen molar-refractivity contribution < 1.29 is 33.5 Å². The summed E-state index contributed by atoms with van der Waals surface area (Å²) in [6.07, 6.45) is 13.9. The van der Waals surface area contributed by atoms with Crippen LogP contribution in [0.3, 0.4) is 0 Å². The predicted molar refractivity (Wildman–Crippen MR) is 149 cm³/mol. The molecule has 0 aliphatic rings. The van der Waals surface area contributed by atoms with E-state index in [1.807, 2.05) is 0 Å². The van der Waals surface area contributed by atoms with Crippen LogP contribution in [0.1, 0.15) is 44.9 Å². The van der Waals surface area contributed by atoms with Crippen molar-refractivity contribution >= 4 is 23.2 Å². The van der Waals surface area contributed by atoms with Gasteiger partial charge in [0.15, 0.2) is 6.29 Å². The second kappa shape index (κ2) is 17.0. The van der Waals surface area contributed by atoms with E-state index in [-0.39, 0.29) is 30.3 Å². The molecule has 0 fully saturated rings. The summed E-state index contributed by atoms with van der Waals surface area (Å²) in [7, 11) is 1.72. The first-order valence-corrected chi connectivity index (χ1v) is 14.5. The lowest BCUT2D eigenvalue weighted by molar-refractivity contribution is -0.107. The monoisotopic (exact) mass is 602 g/mol. The average molecular weight is 603 g/mol. The van der Waals surface area contributed by atoms with Crippen LogP contribution in [-0.2, 0) is 9.47 Å². The van der Waals surface area contributed by atoms with Crippen LogP contribution in [0, 0.1) is 0 Å². The minimum atomic E-state index is -1.70. The number of hydrogen-bond donors (Lipinski definition) is 0. The van der Waals surface area contributed by atoms with Gasteiger partial charge in [-0.3, -0.25) is 0 Å². The number of allylic oxidation sites excluding steroid dienone is 2. The quantitative estimate of drug-likeness (QED) is 0.0865. The second-order valence-corrected chi connectivity index (χ2v) is 12.3. The van der Waals surface area contributed by atoms with Crippen LogP contribution in [0.2, 0.25) is 0 Å². The highest BCUT2D eigenvalue weighted by molar-refractivity contribution is 7.95. The van der Waals surface area contributed by atoms with Crippen LogP contribution < -0.4 is 39.9 Å². The molecular weight excluding hydrogens is 562 g/mol. The fraction of sp³-hybridized carbons (Fsp3) is 0.355. The molecule has 0 aromatic heterocycles. The minimum absolute atomic E-state index is 0. The minimum Gasteiger partial charge on any atom is -1.00 e. The van der Waals surface area contributed by atoms with Gasteiger partial charge in [0.25, 0.3) is 0 Å². The molecule has 0 heterocycles. The molecule has 3 rings (SSSR count). The second-order valence-electron chi connectivity index (χ2n) is 8.69. The van der Waals surface area contributed by atoms with Gasteiger partial charge in [0.05, 0.1) is 6.16 Å². The molecule has 0 bridgehead atoms. The zero-order chi connectivity index (χ0) is 23.9. The first-order valence-electron chi connectivity index (χ1n) is 12.6. The lowest BCUT2D eigenvalue weighted by Gasteiger charge is -2.27. The molecule has 0 N–H and O–H groups in total. The molecule has 188 valence electrons. The normalized spacial score (nSPS) is 11.6. The Bertz CT molecular complexity index is 847. The SMILES string of the molecule is COC(CCCCC/C=C\CCC[P+](c1ccccc1)(c1ccccc1)c1ccccc1)OC.[I-]. The van der Waals surface area contributed by atoms with E-state index >= 15 is 0 Å². The molecule has 2 nitrogen and oxygen atoms in total. The number of benzene rings is 3. The third kappa shape index (κ3) is 8.82. The maximum absolute atomic E-state index is 5.26. The van der Waals surface area contributed by atoms with Gasteiger partial charge in [0.1, 0.15) is 23.2 Å². The van der Waals surface area contributed by atoms with E-state index in [2.05, 4.69) is 103 Å². The summed E-state index contributed by atoms with van der Waals surface area (Å²) >= 11 is 0. The van der Waals surface area contributed by atoms with E-state index in [1.54, 1.807) is 14.2 Å². The maximum atomic E-state index is 5.26. The Balaban J connectivity index is 0.00000432. The van der Waals surface area contributed by atoms with Gasteiger partial charge < -0.3 is 33.5 Å². The summed E-state index contributed by atoms with van der Waals surface area (Å²) in [6, 6.07) is 33.5. The zero-order valence-electron chi connectivity index (χ0n) is 21.2. The lowest BCUT2D eigenvalue weighted by atomic mass is 10.1. The third-order valence-corrected chi connectivity index (χ3v) is 11.0. The summed E-state index contributed by atoms with van der Waals surface area (Å²) in [6.45, 7) is 0. The average Bonchev–Trinajstić information content (AvgIpc) is 2.91. The van der Waals surface area contributed by atoms with Crippen LogP contribution in [0.15, 0.2) is 103 Å². The molecule has 0 saturated heterocycles. The lowest BCUT2D eigenvalue weighted by Crippen LogP contribution is -3.00. The Labute approximate surface area is 230 Å². The molecule has 4 heteroatoms. The van der Waals surface area contributed by atoms with E-state index in [0.717, 1.165) is 25.7 Å². The Morgan fingerprint density at radius 2 is 1.03 bits per heavy atom. The fourth-order valence-corrected chi connectivity index (χ4v) is 9.02. The standard InChI is InChI=1S/C31H40O2P.HI/c1-32-31(33-2)26-18-7-5-3-4-6-8-19-27-34(28-20-12-9-13-21-28,29-22-14-10-15-23-29)30-24-16-11-17-25-30;/h4,6,9-17,20-25,31H,3,5,7-8,18-19,26-27H2,1-2H3;1H/q+1;/p-1/b6-4-;. The van der Waals surface area contributed by atoms with Crippen LogP contribution in [0.4, 0.5) is 0 Å². The summed E-state index contributed by atoms with van der Waals surface area (Å²) in [4.78, 5) is 0. The third-order valence-electron chi connectivity index (χ3n) is 6.46. The first kappa shape index (κ1) is 29.7. The summed E-state index contributed by atoms with van der Waals surface area (Å²) in [5, 5.41) is 4.42. The first-order chi connectivity index (χ1) is 16.8. The molecule has 0 aliphatic heterocycles. The van der Waals surface area contributed by atoms with Crippen molar-refractivity contribution in [3.8, 4) is 0 Å². The number of rotatable bonds is 15. The Hall–Kier alpha value is -1.52. The van der Waals surface area contributed by atoms with Crippen molar-refractivity contribution in [1.82, 2.24) is 0 Å². The van der Waals surface area contributed by atoms with E-state index in [0.29, 0.717) is 0 Å². The highest BCUT2D eigenvalue weighted by Gasteiger charge is 2.44. The summed E-state index contributed by atoms with van der Waals surface area (Å²) in [5.41, 5.74) is 0. The number of hydrogen-bond acceptors (Lipinski definition) is 2. The van der Waals surface area contributed by atoms with Crippen LogP contribution in [0.25, 0.3) is 0 Å². The van der Waals surface area contributed by atoms with Crippen molar-refractivity contribution in [1.29, 1.82) is 0 Å². The molecule has 0 atom stereocenters. The summed E-state index contributed by atoms with van der Waals surface area (Å²) in [5.74, 6) is 0. The molecule has 0 radical (unpaired) electrons. The molecule has 3 aromatic carbocycles. The van der Waals surface area contributed by atoms with E-state index < -0.39 is 7.26 Å². The zero-order valence-corrected chi connectivity index (χ0v) is 24.2. The molecule has 0 saturated carbocycles. The molecule has 35 heavy (non-hydrogen) atoms. The Kier molecular flexibility index (Phi) is 14.5. The van der Waals surface area contributed by atoms with Crippen LogP contribution >= 0.6 is 7.26 Å². The van der Waals surface area contributed by atoms with Gasteiger partial charge in [0.2, 0.25) is 0 Å². The van der Waals surface area contributed by atoms with E-state index in [9.17, 15) is 0 Å². The number of ether oxygens (including phenoxy) is 2. The van der Waals surface area contributed by atoms with Gasteiger partial charge in [-0.25, -0.2) is 0 Å². The van der Waals surface area contributed by atoms with E-state index in [4.69, 9.17) is 9.47 Å². The Morgan fingerprint density at radius 3 is 1.46 bits per heavy atom. The predicted octanol–water partition coefficient (Wildman–Crippen LogP) is 3.89. The molecule has 0 aliphatic carbocycles. The van der Waals surface area contributed by atoms with E-state index in [1.165, 1.54) is 41.3 Å². The molecule has 0 unspecified atom stereocenters. The number of methoxy groups -OCH3 is 2. The van der Waals surface area contributed by atoms with Gasteiger partial charge in [-0.05, 0) is 74.9 Å². The van der Waals surface area contributed by atoms with Gasteiger partial charge in [-0.2, -0.15) is 0 Å². The number of unbranched alkanes of at least 4 members (excludes halogenated alkanes) is 4. The van der Waals surface area contributed by atoms with Gasteiger partial charge >= 0.3 is 0 Å².